The van der Waals surface area contributed by atoms with Crippen molar-refractivity contribution in [2.75, 3.05) is 12.4 Å². The third-order valence-electron chi connectivity index (χ3n) is 3.55. The number of aromatic nitrogens is 4. The van der Waals surface area contributed by atoms with Gasteiger partial charge in [0.15, 0.2) is 5.82 Å². The van der Waals surface area contributed by atoms with Crippen molar-refractivity contribution in [1.82, 2.24) is 20.0 Å². The van der Waals surface area contributed by atoms with E-state index in [0.29, 0.717) is 11.6 Å². The third kappa shape index (κ3) is 3.86. The Morgan fingerprint density at radius 3 is 2.78 bits per heavy atom. The van der Waals surface area contributed by atoms with Crippen molar-refractivity contribution >= 4 is 40.6 Å². The van der Waals surface area contributed by atoms with Gasteiger partial charge in [-0.2, -0.15) is 5.10 Å². The van der Waals surface area contributed by atoms with E-state index in [1.807, 2.05) is 12.1 Å². The molecular weight excluding hydrogens is 399 g/mol. The summed E-state index contributed by atoms with van der Waals surface area (Å²) >= 11 is 12.2. The molecule has 10 nitrogen and oxygen atoms in total. The summed E-state index contributed by atoms with van der Waals surface area (Å²) in [5, 5.41) is 24.3. The minimum atomic E-state index is -0.831. The Kier molecular flexibility index (Phi) is 5.28. The summed E-state index contributed by atoms with van der Waals surface area (Å²) in [6.45, 7) is 0.327. The molecule has 0 bridgehead atoms. The molecule has 1 amide bonds. The highest BCUT2D eigenvalue weighted by Gasteiger charge is 2.30. The number of hydrogen-bond acceptors (Lipinski definition) is 6. The van der Waals surface area contributed by atoms with Crippen LogP contribution in [-0.4, -0.2) is 37.9 Å². The van der Waals surface area contributed by atoms with Gasteiger partial charge in [-0.3, -0.25) is 24.7 Å². The zero-order valence-electron chi connectivity index (χ0n) is 13.8. The topological polar surface area (TPSA) is 128 Å². The average Bonchev–Trinajstić information content (AvgIpc) is 3.20. The summed E-state index contributed by atoms with van der Waals surface area (Å²) in [6.07, 6.45) is 1.50. The van der Waals surface area contributed by atoms with Crippen LogP contribution in [0.4, 0.5) is 11.5 Å². The van der Waals surface area contributed by atoms with Crippen molar-refractivity contribution in [1.29, 1.82) is 0 Å². The van der Waals surface area contributed by atoms with E-state index in [2.05, 4.69) is 20.6 Å². The molecule has 0 aliphatic carbocycles. The van der Waals surface area contributed by atoms with Crippen molar-refractivity contribution in [3.63, 3.8) is 0 Å². The molecule has 12 heteroatoms. The number of ether oxygens (including phenoxy) is 1. The van der Waals surface area contributed by atoms with Crippen molar-refractivity contribution in [3.05, 3.63) is 61.9 Å². The van der Waals surface area contributed by atoms with Gasteiger partial charge in [0, 0.05) is 11.2 Å². The Balaban J connectivity index is 1.82. The molecule has 1 aromatic carbocycles. The lowest BCUT2D eigenvalue weighted by Gasteiger charge is -2.04. The summed E-state index contributed by atoms with van der Waals surface area (Å²) in [4.78, 5) is 22.8. The van der Waals surface area contributed by atoms with Gasteiger partial charge in [0.05, 0.1) is 18.6 Å². The molecule has 0 atom stereocenters. The predicted molar refractivity (Wildman–Crippen MR) is 97.5 cm³/mol. The molecule has 27 heavy (non-hydrogen) atoms. The van der Waals surface area contributed by atoms with E-state index in [4.69, 9.17) is 27.9 Å². The van der Waals surface area contributed by atoms with E-state index in [-0.39, 0.29) is 22.4 Å². The summed E-state index contributed by atoms with van der Waals surface area (Å²) < 4.78 is 6.26. The average molecular weight is 411 g/mol. The van der Waals surface area contributed by atoms with E-state index in [1.165, 1.54) is 18.0 Å². The Labute approximate surface area is 162 Å². The number of methoxy groups -OCH3 is 1. The molecule has 0 aliphatic heterocycles. The normalized spacial score (nSPS) is 10.6. The molecule has 0 unspecified atom stereocenters. The van der Waals surface area contributed by atoms with Crippen LogP contribution in [0.3, 0.4) is 0 Å². The molecule has 140 valence electrons. The largest absolute Gasteiger partial charge is 0.475 e. The monoisotopic (exact) mass is 410 g/mol. The Morgan fingerprint density at radius 1 is 1.37 bits per heavy atom. The number of nitrogens with zero attached hydrogens (tertiary/aromatic N) is 4. The number of carbonyl (C=O) groups excluding carboxylic acids is 1. The zero-order valence-corrected chi connectivity index (χ0v) is 15.3. The zero-order chi connectivity index (χ0) is 19.6. The van der Waals surface area contributed by atoms with Crippen LogP contribution in [0.2, 0.25) is 10.0 Å². The highest BCUT2D eigenvalue weighted by Crippen LogP contribution is 2.29. The fourth-order valence-electron chi connectivity index (χ4n) is 2.32. The first-order valence-corrected chi connectivity index (χ1v) is 8.20. The summed E-state index contributed by atoms with van der Waals surface area (Å²) in [5.74, 6) is -1.10. The quantitative estimate of drug-likeness (QED) is 0.474. The minimum absolute atomic E-state index is 0.0385. The molecule has 2 aromatic heterocycles. The molecule has 0 spiro atoms. The van der Waals surface area contributed by atoms with Crippen LogP contribution in [0.1, 0.15) is 16.1 Å². The maximum Gasteiger partial charge on any atom is 0.362 e. The van der Waals surface area contributed by atoms with Gasteiger partial charge in [0.1, 0.15) is 5.02 Å². The number of nitrogens with one attached hydrogen (secondary N) is 2. The van der Waals surface area contributed by atoms with Crippen molar-refractivity contribution in [2.24, 2.45) is 0 Å². The van der Waals surface area contributed by atoms with Crippen LogP contribution in [0.25, 0.3) is 0 Å². The van der Waals surface area contributed by atoms with E-state index in [9.17, 15) is 14.9 Å². The van der Waals surface area contributed by atoms with E-state index < -0.39 is 16.5 Å². The van der Waals surface area contributed by atoms with Crippen LogP contribution >= 0.6 is 23.2 Å². The van der Waals surface area contributed by atoms with Gasteiger partial charge >= 0.3 is 11.6 Å². The van der Waals surface area contributed by atoms with Gasteiger partial charge in [-0.05, 0) is 11.6 Å². The number of nitro groups is 1. The van der Waals surface area contributed by atoms with E-state index in [0.717, 1.165) is 5.56 Å². The summed E-state index contributed by atoms with van der Waals surface area (Å²) in [7, 11) is 1.21. The van der Waals surface area contributed by atoms with Crippen LogP contribution in [0.15, 0.2) is 30.5 Å². The first-order chi connectivity index (χ1) is 12.9. The second-order valence-electron chi connectivity index (χ2n) is 5.28. The lowest BCUT2D eigenvalue weighted by atomic mass is 10.2. The van der Waals surface area contributed by atoms with Gasteiger partial charge in [-0.15, -0.1) is 5.10 Å². The Morgan fingerprint density at radius 2 is 2.11 bits per heavy atom. The van der Waals surface area contributed by atoms with Crippen molar-refractivity contribution < 1.29 is 14.5 Å². The number of halogens is 2. The summed E-state index contributed by atoms with van der Waals surface area (Å²) in [6, 6.07) is 7.21. The van der Waals surface area contributed by atoms with E-state index in [1.54, 1.807) is 12.1 Å². The van der Waals surface area contributed by atoms with Crippen molar-refractivity contribution in [3.8, 4) is 5.88 Å². The molecule has 0 radical (unpaired) electrons. The molecule has 0 fully saturated rings. The fraction of sp³-hybridized carbons (Fsp3) is 0.133. The third-order valence-corrected chi connectivity index (χ3v) is 4.20. The second-order valence-corrected chi connectivity index (χ2v) is 6.10. The van der Waals surface area contributed by atoms with Crippen LogP contribution in [0.5, 0.6) is 5.88 Å². The molecule has 0 saturated heterocycles. The number of rotatable bonds is 6. The highest BCUT2D eigenvalue weighted by molar-refractivity contribution is 6.33. The molecule has 0 saturated carbocycles. The maximum absolute atomic E-state index is 12.4. The molecule has 0 aliphatic rings. The number of amides is 1. The number of aromatic amines is 1. The standard InChI is InChI=1S/C15H12Cl2N6O4/c1-27-15-12(23(25)26)11(19-20-15)14(24)18-13-10(17)7-22(21-13)6-8-4-2-3-5-9(8)16/h2-5,7H,6H2,1H3,(H,19,20)(H,18,21,24). The van der Waals surface area contributed by atoms with Gasteiger partial charge in [0.2, 0.25) is 5.69 Å². The lowest BCUT2D eigenvalue weighted by molar-refractivity contribution is -0.386. The smallest absolute Gasteiger partial charge is 0.362 e. The number of H-pyrrole nitrogens is 1. The van der Waals surface area contributed by atoms with Gasteiger partial charge in [-0.25, -0.2) is 0 Å². The molecule has 3 aromatic rings. The van der Waals surface area contributed by atoms with Gasteiger partial charge in [0.25, 0.3) is 5.91 Å². The number of benzene rings is 1. The van der Waals surface area contributed by atoms with E-state index >= 15 is 0 Å². The van der Waals surface area contributed by atoms with Crippen molar-refractivity contribution in [2.45, 2.75) is 6.54 Å². The molecule has 2 N–H and O–H groups in total. The summed E-state index contributed by atoms with van der Waals surface area (Å²) in [5.41, 5.74) is -0.152. The predicted octanol–water partition coefficient (Wildman–Crippen LogP) is 3.13. The van der Waals surface area contributed by atoms with Crippen LogP contribution < -0.4 is 10.1 Å². The maximum atomic E-state index is 12.4. The molecular formula is C15H12Cl2N6O4. The van der Waals surface area contributed by atoms with Crippen LogP contribution in [-0.2, 0) is 6.54 Å². The van der Waals surface area contributed by atoms with Crippen LogP contribution in [0, 0.1) is 10.1 Å². The first-order valence-electron chi connectivity index (χ1n) is 7.45. The first kappa shape index (κ1) is 18.7. The Bertz CT molecular complexity index is 1020. The number of hydrogen-bond donors (Lipinski definition) is 2. The Hall–Kier alpha value is -3.11. The van der Waals surface area contributed by atoms with Gasteiger partial charge in [-0.1, -0.05) is 41.4 Å². The van der Waals surface area contributed by atoms with Gasteiger partial charge < -0.3 is 10.1 Å². The molecule has 2 heterocycles. The highest BCUT2D eigenvalue weighted by atomic mass is 35.5. The SMILES string of the molecule is COc1n[nH]c(C(=O)Nc2nn(Cc3ccccc3Cl)cc2Cl)c1[N+](=O)[O-]. The number of carbonyl (C=O) groups is 1. The fourth-order valence-corrected chi connectivity index (χ4v) is 2.72. The minimum Gasteiger partial charge on any atom is -0.475 e. The second kappa shape index (κ2) is 7.64. The number of anilines is 1. The molecule has 3 rings (SSSR count). The lowest BCUT2D eigenvalue weighted by Crippen LogP contribution is -2.15.